The van der Waals surface area contributed by atoms with E-state index in [2.05, 4.69) is 5.32 Å². The van der Waals surface area contributed by atoms with Gasteiger partial charge in [-0.3, -0.25) is 0 Å². The third kappa shape index (κ3) is 3.74. The molecular weight excluding hydrogens is 314 g/mol. The Balaban J connectivity index is 2.23. The molecule has 2 aromatic rings. The summed E-state index contributed by atoms with van der Waals surface area (Å²) >= 11 is 5.88. The Morgan fingerprint density at radius 2 is 1.67 bits per heavy atom. The van der Waals surface area contributed by atoms with Crippen LogP contribution in [0.25, 0.3) is 0 Å². The Bertz CT molecular complexity index is 785. The topological polar surface area (TPSA) is 83.5 Å². The van der Waals surface area contributed by atoms with Gasteiger partial charge >= 0.3 is 5.97 Å². The van der Waals surface area contributed by atoms with Crippen molar-refractivity contribution in [2.24, 2.45) is 0 Å². The molecule has 0 fully saturated rings. The predicted octanol–water partition coefficient (Wildman–Crippen LogP) is 3.19. The van der Waals surface area contributed by atoms with Crippen LogP contribution in [0.4, 0.5) is 11.4 Å². The van der Waals surface area contributed by atoms with E-state index in [0.717, 1.165) is 6.26 Å². The highest BCUT2D eigenvalue weighted by Crippen LogP contribution is 2.24. The minimum atomic E-state index is -3.23. The first-order valence-electron chi connectivity index (χ1n) is 5.87. The van der Waals surface area contributed by atoms with Crippen LogP contribution >= 0.6 is 11.6 Å². The number of rotatable bonds is 4. The van der Waals surface area contributed by atoms with Crippen LogP contribution in [0.3, 0.4) is 0 Å². The molecule has 0 saturated heterocycles. The van der Waals surface area contributed by atoms with Gasteiger partial charge in [-0.15, -0.1) is 0 Å². The fourth-order valence-corrected chi connectivity index (χ4v) is 2.61. The van der Waals surface area contributed by atoms with E-state index in [9.17, 15) is 13.2 Å². The molecule has 0 radical (unpaired) electrons. The van der Waals surface area contributed by atoms with Gasteiger partial charge in [0.1, 0.15) is 0 Å². The maximum atomic E-state index is 11.4. The van der Waals surface area contributed by atoms with Crippen molar-refractivity contribution in [1.29, 1.82) is 0 Å². The molecule has 5 nitrogen and oxygen atoms in total. The predicted molar refractivity (Wildman–Crippen MR) is 81.2 cm³/mol. The molecular formula is C14H12ClNO4S. The molecule has 0 unspecified atom stereocenters. The maximum absolute atomic E-state index is 11.4. The lowest BCUT2D eigenvalue weighted by atomic mass is 10.2. The number of carboxylic acids is 1. The summed E-state index contributed by atoms with van der Waals surface area (Å²) in [5, 5.41) is 12.0. The highest BCUT2D eigenvalue weighted by Gasteiger charge is 2.09. The van der Waals surface area contributed by atoms with Crippen molar-refractivity contribution in [3.05, 3.63) is 53.1 Å². The van der Waals surface area contributed by atoms with E-state index in [4.69, 9.17) is 16.7 Å². The standard InChI is InChI=1S/C14H12ClNO4S/c1-21(19,20)11-5-2-9(3-6-11)16-10-4-7-12(14(17)18)13(15)8-10/h2-8,16H,1H3,(H,17,18). The Hall–Kier alpha value is -2.05. The van der Waals surface area contributed by atoms with E-state index in [1.165, 1.54) is 24.3 Å². The molecule has 0 aliphatic rings. The molecule has 0 spiro atoms. The number of aromatic carboxylic acids is 1. The first-order valence-corrected chi connectivity index (χ1v) is 8.14. The number of carbonyl (C=O) groups is 1. The van der Waals surface area contributed by atoms with Gasteiger partial charge in [0.15, 0.2) is 9.84 Å². The molecule has 0 aromatic heterocycles. The first-order chi connectivity index (χ1) is 9.77. The second kappa shape index (κ2) is 5.75. The lowest BCUT2D eigenvalue weighted by Crippen LogP contribution is -1.99. The summed E-state index contributed by atoms with van der Waals surface area (Å²) in [6.45, 7) is 0. The first kappa shape index (κ1) is 15.3. The number of anilines is 2. The molecule has 0 aliphatic heterocycles. The molecule has 110 valence electrons. The Kier molecular flexibility index (Phi) is 4.20. The van der Waals surface area contributed by atoms with Crippen LogP contribution in [0.1, 0.15) is 10.4 Å². The molecule has 0 saturated carbocycles. The smallest absolute Gasteiger partial charge is 0.337 e. The lowest BCUT2D eigenvalue weighted by molar-refractivity contribution is 0.0697. The van der Waals surface area contributed by atoms with Crippen molar-refractivity contribution in [1.82, 2.24) is 0 Å². The summed E-state index contributed by atoms with van der Waals surface area (Å²) in [6, 6.07) is 10.7. The monoisotopic (exact) mass is 325 g/mol. The van der Waals surface area contributed by atoms with Gasteiger partial charge < -0.3 is 10.4 Å². The zero-order chi connectivity index (χ0) is 15.6. The van der Waals surface area contributed by atoms with Crippen LogP contribution in [-0.2, 0) is 9.84 Å². The molecule has 0 amide bonds. The van der Waals surface area contributed by atoms with Gasteiger partial charge in [-0.25, -0.2) is 13.2 Å². The van der Waals surface area contributed by atoms with E-state index >= 15 is 0 Å². The summed E-state index contributed by atoms with van der Waals surface area (Å²) in [4.78, 5) is 11.1. The van der Waals surface area contributed by atoms with Crippen molar-refractivity contribution in [3.63, 3.8) is 0 Å². The minimum absolute atomic E-state index is 0.0228. The molecule has 2 aromatic carbocycles. The van der Waals surface area contributed by atoms with Gasteiger partial charge in [-0.05, 0) is 42.5 Å². The van der Waals surface area contributed by atoms with E-state index in [1.807, 2.05) is 0 Å². The Labute approximate surface area is 127 Å². The summed E-state index contributed by atoms with van der Waals surface area (Å²) in [6.07, 6.45) is 1.14. The summed E-state index contributed by atoms with van der Waals surface area (Å²) < 4.78 is 22.7. The normalized spacial score (nSPS) is 11.1. The van der Waals surface area contributed by atoms with E-state index in [-0.39, 0.29) is 15.5 Å². The molecule has 0 atom stereocenters. The van der Waals surface area contributed by atoms with Crippen LogP contribution in [0.15, 0.2) is 47.4 Å². The van der Waals surface area contributed by atoms with Gasteiger partial charge in [0.25, 0.3) is 0 Å². The summed E-state index contributed by atoms with van der Waals surface area (Å²) in [5.74, 6) is -1.09. The number of nitrogens with one attached hydrogen (secondary N) is 1. The molecule has 0 bridgehead atoms. The third-order valence-corrected chi connectivity index (χ3v) is 4.21. The summed E-state index contributed by atoms with van der Waals surface area (Å²) in [7, 11) is -3.23. The third-order valence-electron chi connectivity index (χ3n) is 2.77. The quantitative estimate of drug-likeness (QED) is 0.902. The van der Waals surface area contributed by atoms with Crippen LogP contribution in [0, 0.1) is 0 Å². The number of hydrogen-bond donors (Lipinski definition) is 2. The second-order valence-electron chi connectivity index (χ2n) is 4.42. The van der Waals surface area contributed by atoms with E-state index in [1.54, 1.807) is 18.2 Å². The van der Waals surface area contributed by atoms with E-state index in [0.29, 0.717) is 11.4 Å². The van der Waals surface area contributed by atoms with E-state index < -0.39 is 15.8 Å². The van der Waals surface area contributed by atoms with Gasteiger partial charge in [-0.1, -0.05) is 11.6 Å². The van der Waals surface area contributed by atoms with Gasteiger partial charge in [0, 0.05) is 17.6 Å². The van der Waals surface area contributed by atoms with Crippen molar-refractivity contribution < 1.29 is 18.3 Å². The highest BCUT2D eigenvalue weighted by atomic mass is 35.5. The van der Waals surface area contributed by atoms with Crippen LogP contribution < -0.4 is 5.32 Å². The molecule has 7 heteroatoms. The van der Waals surface area contributed by atoms with Crippen LogP contribution in [0.5, 0.6) is 0 Å². The number of sulfone groups is 1. The molecule has 21 heavy (non-hydrogen) atoms. The zero-order valence-corrected chi connectivity index (χ0v) is 12.6. The van der Waals surface area contributed by atoms with Crippen molar-refractivity contribution in [2.75, 3.05) is 11.6 Å². The van der Waals surface area contributed by atoms with Crippen molar-refractivity contribution >= 4 is 38.8 Å². The van der Waals surface area contributed by atoms with Crippen molar-refractivity contribution in [2.45, 2.75) is 4.90 Å². The lowest BCUT2D eigenvalue weighted by Gasteiger charge is -2.08. The fraction of sp³-hybridized carbons (Fsp3) is 0.0714. The highest BCUT2D eigenvalue weighted by molar-refractivity contribution is 7.90. The molecule has 0 heterocycles. The minimum Gasteiger partial charge on any atom is -0.478 e. The fourth-order valence-electron chi connectivity index (χ4n) is 1.72. The SMILES string of the molecule is CS(=O)(=O)c1ccc(Nc2ccc(C(=O)O)c(Cl)c2)cc1. The van der Waals surface area contributed by atoms with Crippen LogP contribution in [0.2, 0.25) is 5.02 Å². The summed E-state index contributed by atoms with van der Waals surface area (Å²) in [5.41, 5.74) is 1.30. The van der Waals surface area contributed by atoms with Crippen molar-refractivity contribution in [3.8, 4) is 0 Å². The number of hydrogen-bond acceptors (Lipinski definition) is 4. The average Bonchev–Trinajstić information content (AvgIpc) is 2.38. The molecule has 2 N–H and O–H groups in total. The number of halogens is 1. The molecule has 2 rings (SSSR count). The average molecular weight is 326 g/mol. The second-order valence-corrected chi connectivity index (χ2v) is 6.84. The van der Waals surface area contributed by atoms with Gasteiger partial charge in [0.05, 0.1) is 15.5 Å². The maximum Gasteiger partial charge on any atom is 0.337 e. The van der Waals surface area contributed by atoms with Gasteiger partial charge in [-0.2, -0.15) is 0 Å². The molecule has 0 aliphatic carbocycles. The number of carboxylic acid groups (broad SMARTS) is 1. The van der Waals surface area contributed by atoms with Gasteiger partial charge in [0.2, 0.25) is 0 Å². The Morgan fingerprint density at radius 3 is 2.14 bits per heavy atom. The number of benzene rings is 2. The van der Waals surface area contributed by atoms with Crippen LogP contribution in [-0.4, -0.2) is 25.7 Å². The Morgan fingerprint density at radius 1 is 1.10 bits per heavy atom. The largest absolute Gasteiger partial charge is 0.478 e. The zero-order valence-electron chi connectivity index (χ0n) is 11.0.